The Bertz CT molecular complexity index is 1110. The molecule has 0 amide bonds. The van der Waals surface area contributed by atoms with Gasteiger partial charge in [0.1, 0.15) is 11.3 Å². The normalized spacial score (nSPS) is 11.5. The van der Waals surface area contributed by atoms with Crippen molar-refractivity contribution in [3.8, 4) is 17.2 Å². The lowest BCUT2D eigenvalue weighted by atomic mass is 10.2. The van der Waals surface area contributed by atoms with E-state index in [2.05, 4.69) is 4.98 Å². The van der Waals surface area contributed by atoms with Crippen LogP contribution in [-0.4, -0.2) is 33.4 Å². The number of ether oxygens (including phenoxy) is 2. The van der Waals surface area contributed by atoms with Gasteiger partial charge in [-0.15, -0.1) is 0 Å². The van der Waals surface area contributed by atoms with Crippen LogP contribution in [0.3, 0.4) is 0 Å². The van der Waals surface area contributed by atoms with Crippen LogP contribution in [0.5, 0.6) is 17.2 Å². The molecule has 1 N–H and O–H groups in total. The second-order valence-electron chi connectivity index (χ2n) is 6.38. The van der Waals surface area contributed by atoms with Crippen LogP contribution >= 0.6 is 0 Å². The molecule has 148 valence electrons. The Balaban J connectivity index is 2.12. The van der Waals surface area contributed by atoms with E-state index in [9.17, 15) is 9.90 Å². The minimum Gasteiger partial charge on any atom is -0.505 e. The molecule has 2 aromatic heterocycles. The fourth-order valence-corrected chi connectivity index (χ4v) is 3.35. The molecule has 1 aromatic carbocycles. The van der Waals surface area contributed by atoms with Crippen LogP contribution in [0.2, 0.25) is 0 Å². The number of methoxy groups -OCH3 is 2. The fourth-order valence-electron chi connectivity index (χ4n) is 3.35. The van der Waals surface area contributed by atoms with Crippen LogP contribution in [0.4, 0.5) is 0 Å². The van der Waals surface area contributed by atoms with Crippen LogP contribution in [0.15, 0.2) is 23.0 Å². The molecule has 0 radical (unpaired) electrons. The molecule has 0 bridgehead atoms. The summed E-state index contributed by atoms with van der Waals surface area (Å²) in [4.78, 5) is 17.2. The zero-order valence-electron chi connectivity index (χ0n) is 16.8. The van der Waals surface area contributed by atoms with Crippen molar-refractivity contribution in [2.45, 2.75) is 26.8 Å². The number of hydrogen-bond acceptors (Lipinski definition) is 5. The van der Waals surface area contributed by atoms with Crippen LogP contribution in [0, 0.1) is 0 Å². The number of aryl methyl sites for hydroxylation is 2. The van der Waals surface area contributed by atoms with Crippen molar-refractivity contribution >= 4 is 23.3 Å². The second-order valence-corrected chi connectivity index (χ2v) is 6.38. The molecule has 2 heterocycles. The summed E-state index contributed by atoms with van der Waals surface area (Å²) in [5.41, 5.74) is 2.18. The topological polar surface area (TPSA) is 78.5 Å². The second kappa shape index (κ2) is 7.80. The Labute approximate surface area is 163 Å². The van der Waals surface area contributed by atoms with Gasteiger partial charge >= 0.3 is 0 Å². The Morgan fingerprint density at radius 1 is 1.14 bits per heavy atom. The fraction of sp³-hybridized carbons (Fsp3) is 0.333. The van der Waals surface area contributed by atoms with E-state index < -0.39 is 0 Å². The highest BCUT2D eigenvalue weighted by atomic mass is 16.5. The summed E-state index contributed by atoms with van der Waals surface area (Å²) in [5, 5.41) is 10.6. The van der Waals surface area contributed by atoms with Gasteiger partial charge in [-0.3, -0.25) is 9.36 Å². The zero-order chi connectivity index (χ0) is 20.4. The van der Waals surface area contributed by atoms with Crippen LogP contribution in [0.1, 0.15) is 30.8 Å². The van der Waals surface area contributed by atoms with E-state index in [0.717, 1.165) is 5.56 Å². The van der Waals surface area contributed by atoms with Crippen molar-refractivity contribution in [2.24, 2.45) is 7.05 Å². The summed E-state index contributed by atoms with van der Waals surface area (Å²) in [7, 11) is 5.01. The van der Waals surface area contributed by atoms with Crippen LogP contribution in [-0.2, 0) is 20.0 Å². The molecule has 0 fully saturated rings. The Hall–Kier alpha value is -3.22. The third-order valence-electron chi connectivity index (χ3n) is 4.88. The van der Waals surface area contributed by atoms with Gasteiger partial charge in [0.25, 0.3) is 5.56 Å². The first-order valence-corrected chi connectivity index (χ1v) is 9.17. The van der Waals surface area contributed by atoms with Gasteiger partial charge in [-0.25, -0.2) is 4.98 Å². The Morgan fingerprint density at radius 3 is 2.46 bits per heavy atom. The number of hydrogen-bond donors (Lipinski definition) is 1. The highest BCUT2D eigenvalue weighted by molar-refractivity contribution is 5.83. The first-order valence-electron chi connectivity index (χ1n) is 9.17. The third kappa shape index (κ3) is 3.13. The summed E-state index contributed by atoms with van der Waals surface area (Å²) < 4.78 is 14.0. The Morgan fingerprint density at radius 2 is 1.86 bits per heavy atom. The number of aromatic hydroxyl groups is 1. The van der Waals surface area contributed by atoms with Gasteiger partial charge in [-0.05, 0) is 37.1 Å². The molecular formula is C21H25N3O4. The van der Waals surface area contributed by atoms with Crippen molar-refractivity contribution < 1.29 is 14.6 Å². The van der Waals surface area contributed by atoms with Crippen molar-refractivity contribution in [1.29, 1.82) is 0 Å². The smallest absolute Gasteiger partial charge is 0.259 e. The van der Waals surface area contributed by atoms with Gasteiger partial charge in [0.2, 0.25) is 0 Å². The van der Waals surface area contributed by atoms with E-state index >= 15 is 0 Å². The number of nitrogens with zero attached hydrogens (tertiary/aromatic N) is 3. The molecule has 28 heavy (non-hydrogen) atoms. The van der Waals surface area contributed by atoms with Crippen molar-refractivity contribution in [3.05, 3.63) is 45.5 Å². The minimum absolute atomic E-state index is 0.00738. The predicted molar refractivity (Wildman–Crippen MR) is 110 cm³/mol. The summed E-state index contributed by atoms with van der Waals surface area (Å²) in [5.74, 6) is 1.94. The van der Waals surface area contributed by atoms with Crippen molar-refractivity contribution in [1.82, 2.24) is 14.1 Å². The average molecular weight is 383 g/mol. The van der Waals surface area contributed by atoms with Gasteiger partial charge in [0, 0.05) is 13.6 Å². The summed E-state index contributed by atoms with van der Waals surface area (Å²) >= 11 is 0. The third-order valence-corrected chi connectivity index (χ3v) is 4.88. The molecule has 0 aliphatic heterocycles. The molecule has 0 aliphatic carbocycles. The highest BCUT2D eigenvalue weighted by Crippen LogP contribution is 2.30. The number of imidazole rings is 1. The largest absolute Gasteiger partial charge is 0.505 e. The molecule has 3 aromatic rings. The summed E-state index contributed by atoms with van der Waals surface area (Å²) in [6.07, 6.45) is 4.20. The van der Waals surface area contributed by atoms with Crippen molar-refractivity contribution in [2.75, 3.05) is 14.2 Å². The average Bonchev–Trinajstić information content (AvgIpc) is 3.03. The SMILES string of the molecule is CCc1c(O)c2c(nc(C=Cc3ccc(OC)c(OC)c3)n2C)n(CC)c1=O. The van der Waals surface area contributed by atoms with Gasteiger partial charge in [-0.1, -0.05) is 19.1 Å². The molecule has 7 heteroatoms. The maximum absolute atomic E-state index is 12.6. The molecule has 0 atom stereocenters. The lowest BCUT2D eigenvalue weighted by Crippen LogP contribution is -2.23. The zero-order valence-corrected chi connectivity index (χ0v) is 16.8. The quantitative estimate of drug-likeness (QED) is 0.707. The van der Waals surface area contributed by atoms with E-state index in [0.29, 0.717) is 47.0 Å². The highest BCUT2D eigenvalue weighted by Gasteiger charge is 2.19. The van der Waals surface area contributed by atoms with Crippen molar-refractivity contribution in [3.63, 3.8) is 0 Å². The van der Waals surface area contributed by atoms with E-state index in [1.807, 2.05) is 51.2 Å². The van der Waals surface area contributed by atoms with Gasteiger partial charge in [0.15, 0.2) is 22.9 Å². The standard InChI is InChI=1S/C21H25N3O4/c1-6-14-19(25)18-20(24(7-2)21(14)26)22-17(23(18)3)11-9-13-8-10-15(27-4)16(12-13)28-5/h8-12,25H,6-7H2,1-5H3. The first-order chi connectivity index (χ1) is 13.5. The molecule has 0 aliphatic rings. The van der Waals surface area contributed by atoms with E-state index in [-0.39, 0.29) is 11.3 Å². The maximum Gasteiger partial charge on any atom is 0.259 e. The number of fused-ring (bicyclic) bond motifs is 1. The molecule has 0 saturated carbocycles. The van der Waals surface area contributed by atoms with Gasteiger partial charge in [0.05, 0.1) is 19.8 Å². The molecular weight excluding hydrogens is 358 g/mol. The lowest BCUT2D eigenvalue weighted by molar-refractivity contribution is 0.355. The van der Waals surface area contributed by atoms with Crippen LogP contribution in [0.25, 0.3) is 23.3 Å². The Kier molecular flexibility index (Phi) is 5.44. The van der Waals surface area contributed by atoms with Gasteiger partial charge < -0.3 is 19.1 Å². The summed E-state index contributed by atoms with van der Waals surface area (Å²) in [6.45, 7) is 4.24. The van der Waals surface area contributed by atoms with E-state index in [1.54, 1.807) is 23.4 Å². The predicted octanol–water partition coefficient (Wildman–Crippen LogP) is 3.21. The van der Waals surface area contributed by atoms with Crippen LogP contribution < -0.4 is 15.0 Å². The molecule has 0 spiro atoms. The number of pyridine rings is 1. The summed E-state index contributed by atoms with van der Waals surface area (Å²) in [6, 6.07) is 5.61. The first kappa shape index (κ1) is 19.5. The number of benzene rings is 1. The van der Waals surface area contributed by atoms with E-state index in [1.165, 1.54) is 0 Å². The minimum atomic E-state index is -0.191. The molecule has 0 unspecified atom stereocenters. The number of aromatic nitrogens is 3. The molecule has 7 nitrogen and oxygen atoms in total. The monoisotopic (exact) mass is 383 g/mol. The number of rotatable bonds is 6. The van der Waals surface area contributed by atoms with Gasteiger partial charge in [-0.2, -0.15) is 0 Å². The maximum atomic E-state index is 12.6. The molecule has 0 saturated heterocycles. The lowest BCUT2D eigenvalue weighted by Gasteiger charge is -2.09. The van der Waals surface area contributed by atoms with E-state index in [4.69, 9.17) is 9.47 Å². The molecule has 3 rings (SSSR count).